The summed E-state index contributed by atoms with van der Waals surface area (Å²) in [5.41, 5.74) is 0.790. The lowest BCUT2D eigenvalue weighted by Gasteiger charge is -2.15. The number of alkyl halides is 3. The van der Waals surface area contributed by atoms with Gasteiger partial charge in [-0.25, -0.2) is 9.19 Å². The number of aromatic nitrogens is 1. The molecule has 3 aromatic rings. The Morgan fingerprint density at radius 1 is 1.07 bits per heavy atom. The minimum absolute atomic E-state index is 0.0789. The van der Waals surface area contributed by atoms with E-state index in [4.69, 9.17) is 27.9 Å². The molecule has 0 saturated heterocycles. The van der Waals surface area contributed by atoms with Gasteiger partial charge in [-0.15, -0.1) is 0 Å². The zero-order valence-corrected chi connectivity index (χ0v) is 18.0. The molecule has 0 saturated carbocycles. The SMILES string of the molecule is Cc1cccc(C)c1Oc1ncc(Cl)cc1NS(=O)c1ccc(Cl)c(C(F)(F)F)c1. The minimum atomic E-state index is -4.68. The summed E-state index contributed by atoms with van der Waals surface area (Å²) in [7, 11) is -2.06. The van der Waals surface area contributed by atoms with Crippen molar-refractivity contribution in [2.75, 3.05) is 4.72 Å². The summed E-state index contributed by atoms with van der Waals surface area (Å²) >= 11 is 11.6. The molecular weight excluding hydrogens is 460 g/mol. The topological polar surface area (TPSA) is 51.2 Å². The Kier molecular flexibility index (Phi) is 6.59. The molecule has 158 valence electrons. The molecule has 0 radical (unpaired) electrons. The van der Waals surface area contributed by atoms with Crippen LogP contribution in [0.5, 0.6) is 11.6 Å². The lowest BCUT2D eigenvalue weighted by Crippen LogP contribution is -2.10. The number of nitrogens with one attached hydrogen (secondary N) is 1. The van der Waals surface area contributed by atoms with E-state index in [-0.39, 0.29) is 21.5 Å². The van der Waals surface area contributed by atoms with E-state index >= 15 is 0 Å². The molecule has 0 aliphatic heterocycles. The lowest BCUT2D eigenvalue weighted by molar-refractivity contribution is -0.137. The normalized spacial score (nSPS) is 12.5. The summed E-state index contributed by atoms with van der Waals surface area (Å²) in [6, 6.07) is 10.0. The van der Waals surface area contributed by atoms with Crippen molar-refractivity contribution in [2.24, 2.45) is 0 Å². The molecule has 0 aliphatic carbocycles. The van der Waals surface area contributed by atoms with Gasteiger partial charge in [0.15, 0.2) is 0 Å². The maximum absolute atomic E-state index is 13.1. The highest BCUT2D eigenvalue weighted by Gasteiger charge is 2.33. The third-order valence-electron chi connectivity index (χ3n) is 4.09. The maximum atomic E-state index is 13.1. The van der Waals surface area contributed by atoms with Crippen molar-refractivity contribution in [1.29, 1.82) is 0 Å². The predicted octanol–water partition coefficient (Wildman–Crippen LogP) is 6.95. The molecule has 1 heterocycles. The lowest BCUT2D eigenvalue weighted by atomic mass is 10.1. The van der Waals surface area contributed by atoms with E-state index in [9.17, 15) is 17.4 Å². The summed E-state index contributed by atoms with van der Waals surface area (Å²) in [5.74, 6) is 0.641. The number of nitrogens with zero attached hydrogens (tertiary/aromatic N) is 1. The summed E-state index contributed by atoms with van der Waals surface area (Å²) in [5, 5.41) is -0.248. The largest absolute Gasteiger partial charge is 0.436 e. The first-order valence-corrected chi connectivity index (χ1v) is 10.4. The second kappa shape index (κ2) is 8.83. The summed E-state index contributed by atoms with van der Waals surface area (Å²) < 4.78 is 60.5. The van der Waals surface area contributed by atoms with Gasteiger partial charge in [0, 0.05) is 6.20 Å². The van der Waals surface area contributed by atoms with E-state index in [1.54, 1.807) is 0 Å². The Morgan fingerprint density at radius 2 is 1.73 bits per heavy atom. The van der Waals surface area contributed by atoms with Crippen molar-refractivity contribution in [3.8, 4) is 11.6 Å². The monoisotopic (exact) mass is 474 g/mol. The number of aryl methyl sites for hydroxylation is 2. The standard InChI is InChI=1S/C20H15Cl2F3N2O2S/c1-11-4-3-5-12(2)18(11)29-19-17(8-13(21)10-26-19)27-30(28)14-6-7-16(22)15(9-14)20(23,24)25/h3-10,27H,1-2H3. The molecule has 1 N–H and O–H groups in total. The zero-order chi connectivity index (χ0) is 22.1. The molecule has 4 nitrogen and oxygen atoms in total. The molecule has 1 atom stereocenters. The fourth-order valence-corrected chi connectivity index (χ4v) is 3.90. The molecule has 0 bridgehead atoms. The van der Waals surface area contributed by atoms with E-state index in [2.05, 4.69) is 9.71 Å². The zero-order valence-electron chi connectivity index (χ0n) is 15.7. The molecule has 2 aromatic carbocycles. The Morgan fingerprint density at radius 3 is 2.37 bits per heavy atom. The third kappa shape index (κ3) is 5.06. The Balaban J connectivity index is 1.94. The first-order valence-electron chi connectivity index (χ1n) is 8.51. The van der Waals surface area contributed by atoms with Gasteiger partial charge in [-0.1, -0.05) is 41.4 Å². The molecule has 0 fully saturated rings. The maximum Gasteiger partial charge on any atom is 0.417 e. The van der Waals surface area contributed by atoms with Gasteiger partial charge in [-0.3, -0.25) is 4.72 Å². The predicted molar refractivity (Wildman–Crippen MR) is 112 cm³/mol. The first kappa shape index (κ1) is 22.4. The van der Waals surface area contributed by atoms with Crippen LogP contribution in [0.2, 0.25) is 10.0 Å². The molecular formula is C20H15Cl2F3N2O2S. The highest BCUT2D eigenvalue weighted by molar-refractivity contribution is 7.86. The number of ether oxygens (including phenoxy) is 1. The van der Waals surface area contributed by atoms with Gasteiger partial charge < -0.3 is 4.74 Å². The van der Waals surface area contributed by atoms with Crippen LogP contribution in [0, 0.1) is 13.8 Å². The molecule has 30 heavy (non-hydrogen) atoms. The number of hydrogen-bond donors (Lipinski definition) is 1. The van der Waals surface area contributed by atoms with E-state index in [1.807, 2.05) is 32.0 Å². The first-order chi connectivity index (χ1) is 14.1. The minimum Gasteiger partial charge on any atom is -0.436 e. The van der Waals surface area contributed by atoms with E-state index in [0.717, 1.165) is 23.3 Å². The molecule has 0 aliphatic rings. The average molecular weight is 475 g/mol. The van der Waals surface area contributed by atoms with Crippen LogP contribution in [-0.2, 0) is 17.2 Å². The van der Waals surface area contributed by atoms with Crippen LogP contribution < -0.4 is 9.46 Å². The Labute approximate surface area is 183 Å². The van der Waals surface area contributed by atoms with Gasteiger partial charge >= 0.3 is 6.18 Å². The quantitative estimate of drug-likeness (QED) is 0.435. The van der Waals surface area contributed by atoms with Gasteiger partial charge in [0.05, 0.1) is 20.5 Å². The number of anilines is 1. The van der Waals surface area contributed by atoms with Gasteiger partial charge in [0.2, 0.25) is 5.88 Å². The smallest absolute Gasteiger partial charge is 0.417 e. The number of para-hydroxylation sites is 1. The number of hydrogen-bond acceptors (Lipinski definition) is 3. The Bertz CT molecular complexity index is 1100. The van der Waals surface area contributed by atoms with Crippen LogP contribution in [0.25, 0.3) is 0 Å². The molecule has 0 amide bonds. The van der Waals surface area contributed by atoms with E-state index < -0.39 is 27.7 Å². The Hall–Kier alpha value is -2.29. The van der Waals surface area contributed by atoms with Crippen LogP contribution in [0.4, 0.5) is 18.9 Å². The van der Waals surface area contributed by atoms with Crippen molar-refractivity contribution in [3.05, 3.63) is 75.4 Å². The number of halogens is 5. The van der Waals surface area contributed by atoms with Crippen LogP contribution in [0.3, 0.4) is 0 Å². The van der Waals surface area contributed by atoms with Crippen LogP contribution in [0.1, 0.15) is 16.7 Å². The highest BCUT2D eigenvalue weighted by atomic mass is 35.5. The summed E-state index contributed by atoms with van der Waals surface area (Å²) in [6.07, 6.45) is -3.33. The highest BCUT2D eigenvalue weighted by Crippen LogP contribution is 2.37. The number of rotatable bonds is 5. The van der Waals surface area contributed by atoms with Crippen LogP contribution in [-0.4, -0.2) is 9.19 Å². The van der Waals surface area contributed by atoms with E-state index in [0.29, 0.717) is 5.75 Å². The van der Waals surface area contributed by atoms with E-state index in [1.165, 1.54) is 18.3 Å². The second-order valence-electron chi connectivity index (χ2n) is 6.34. The summed E-state index contributed by atoms with van der Waals surface area (Å²) in [4.78, 5) is 4.00. The van der Waals surface area contributed by atoms with Crippen molar-refractivity contribution in [3.63, 3.8) is 0 Å². The van der Waals surface area contributed by atoms with Crippen molar-refractivity contribution in [1.82, 2.24) is 4.98 Å². The van der Waals surface area contributed by atoms with Crippen molar-refractivity contribution < 1.29 is 22.1 Å². The van der Waals surface area contributed by atoms with Crippen LogP contribution >= 0.6 is 23.2 Å². The fraction of sp³-hybridized carbons (Fsp3) is 0.150. The van der Waals surface area contributed by atoms with Crippen LogP contribution in [0.15, 0.2) is 53.6 Å². The molecule has 10 heteroatoms. The fourth-order valence-electron chi connectivity index (χ4n) is 2.63. The molecule has 1 aromatic heterocycles. The second-order valence-corrected chi connectivity index (χ2v) is 8.40. The average Bonchev–Trinajstić information content (AvgIpc) is 2.65. The third-order valence-corrected chi connectivity index (χ3v) is 5.71. The number of pyridine rings is 1. The summed E-state index contributed by atoms with van der Waals surface area (Å²) in [6.45, 7) is 3.71. The number of benzene rings is 2. The van der Waals surface area contributed by atoms with Gasteiger partial charge in [-0.2, -0.15) is 13.2 Å². The van der Waals surface area contributed by atoms with Gasteiger partial charge in [0.25, 0.3) is 0 Å². The van der Waals surface area contributed by atoms with Gasteiger partial charge in [0.1, 0.15) is 22.4 Å². The van der Waals surface area contributed by atoms with Gasteiger partial charge in [-0.05, 0) is 49.2 Å². The van der Waals surface area contributed by atoms with Crippen molar-refractivity contribution >= 4 is 39.9 Å². The molecule has 1 unspecified atom stereocenters. The van der Waals surface area contributed by atoms with Crippen molar-refractivity contribution in [2.45, 2.75) is 24.9 Å². The molecule has 3 rings (SSSR count). The molecule has 0 spiro atoms.